The Morgan fingerprint density at radius 1 is 1.20 bits per heavy atom. The molecule has 0 aliphatic carbocycles. The summed E-state index contributed by atoms with van der Waals surface area (Å²) in [6.07, 6.45) is 0.0273. The number of primary amides is 1. The summed E-state index contributed by atoms with van der Waals surface area (Å²) in [5.41, 5.74) is 6.52. The van der Waals surface area contributed by atoms with Gasteiger partial charge in [0.15, 0.2) is 0 Å². The molecule has 0 unspecified atom stereocenters. The van der Waals surface area contributed by atoms with Crippen molar-refractivity contribution in [1.82, 2.24) is 9.97 Å². The van der Waals surface area contributed by atoms with Crippen LogP contribution in [0.15, 0.2) is 35.4 Å². The predicted molar refractivity (Wildman–Crippen MR) is 94.8 cm³/mol. The third-order valence-corrected chi connectivity index (χ3v) is 4.20. The molecule has 1 aromatic carbocycles. The Balaban J connectivity index is 2.11. The topological polar surface area (TPSA) is 89.2 Å². The van der Waals surface area contributed by atoms with E-state index in [2.05, 4.69) is 9.97 Å². The number of nitrogens with zero attached hydrogens (tertiary/aromatic N) is 3. The number of aryl methyl sites for hydroxylation is 2. The summed E-state index contributed by atoms with van der Waals surface area (Å²) in [6, 6.07) is 7.33. The van der Waals surface area contributed by atoms with Crippen LogP contribution in [0.4, 0.5) is 10.1 Å². The molecule has 0 aliphatic heterocycles. The molecular weight excluding hydrogens is 343 g/mol. The molecule has 1 heterocycles. The molecular formula is C17H19FN4O2S. The number of hydrogen-bond acceptors (Lipinski definition) is 5. The lowest BCUT2D eigenvalue weighted by Crippen LogP contribution is -2.35. The average molecular weight is 362 g/mol. The van der Waals surface area contributed by atoms with Crippen LogP contribution in [0.1, 0.15) is 17.9 Å². The van der Waals surface area contributed by atoms with Gasteiger partial charge in [-0.15, -0.1) is 0 Å². The van der Waals surface area contributed by atoms with Gasteiger partial charge in [0.25, 0.3) is 0 Å². The van der Waals surface area contributed by atoms with E-state index < -0.39 is 11.7 Å². The average Bonchev–Trinajstić information content (AvgIpc) is 2.53. The molecule has 6 nitrogen and oxygen atoms in total. The molecule has 8 heteroatoms. The molecule has 2 amide bonds. The number of halogens is 1. The second-order valence-corrected chi connectivity index (χ2v) is 6.42. The molecule has 0 spiro atoms. The summed E-state index contributed by atoms with van der Waals surface area (Å²) in [4.78, 5) is 33.6. The van der Waals surface area contributed by atoms with E-state index in [0.29, 0.717) is 16.5 Å². The van der Waals surface area contributed by atoms with Crippen LogP contribution >= 0.6 is 11.8 Å². The highest BCUT2D eigenvalue weighted by atomic mass is 32.2. The largest absolute Gasteiger partial charge is 0.370 e. The molecule has 0 atom stereocenters. The number of anilines is 1. The third kappa shape index (κ3) is 5.82. The number of benzene rings is 1. The van der Waals surface area contributed by atoms with E-state index in [0.717, 1.165) is 5.69 Å². The van der Waals surface area contributed by atoms with E-state index in [9.17, 15) is 14.0 Å². The Hall–Kier alpha value is -2.48. The fraction of sp³-hybridized carbons (Fsp3) is 0.294. The fourth-order valence-electron chi connectivity index (χ4n) is 2.21. The molecule has 1 aromatic heterocycles. The predicted octanol–water partition coefficient (Wildman–Crippen LogP) is 2.23. The zero-order valence-electron chi connectivity index (χ0n) is 14.0. The summed E-state index contributed by atoms with van der Waals surface area (Å²) < 4.78 is 13.1. The van der Waals surface area contributed by atoms with Crippen LogP contribution in [0.2, 0.25) is 0 Å². The van der Waals surface area contributed by atoms with Gasteiger partial charge in [0.2, 0.25) is 11.8 Å². The van der Waals surface area contributed by atoms with Crippen molar-refractivity contribution in [1.29, 1.82) is 0 Å². The highest BCUT2D eigenvalue weighted by molar-refractivity contribution is 7.99. The van der Waals surface area contributed by atoms with Crippen molar-refractivity contribution in [2.24, 2.45) is 5.73 Å². The van der Waals surface area contributed by atoms with Crippen LogP contribution in [-0.4, -0.2) is 34.1 Å². The maximum atomic E-state index is 13.1. The van der Waals surface area contributed by atoms with Crippen molar-refractivity contribution in [3.05, 3.63) is 47.7 Å². The zero-order valence-corrected chi connectivity index (χ0v) is 14.8. The van der Waals surface area contributed by atoms with Crippen LogP contribution in [0.3, 0.4) is 0 Å². The number of aromatic nitrogens is 2. The lowest BCUT2D eigenvalue weighted by molar-refractivity contribution is -0.118. The van der Waals surface area contributed by atoms with Gasteiger partial charge in [-0.25, -0.2) is 14.4 Å². The second-order valence-electron chi connectivity index (χ2n) is 5.42. The van der Waals surface area contributed by atoms with Crippen molar-refractivity contribution >= 4 is 29.3 Å². The van der Waals surface area contributed by atoms with Crippen molar-refractivity contribution in [3.63, 3.8) is 0 Å². The van der Waals surface area contributed by atoms with Gasteiger partial charge >= 0.3 is 0 Å². The van der Waals surface area contributed by atoms with E-state index >= 15 is 0 Å². The van der Waals surface area contributed by atoms with Crippen molar-refractivity contribution < 1.29 is 14.0 Å². The number of nitrogens with two attached hydrogens (primary N) is 1. The van der Waals surface area contributed by atoms with Crippen LogP contribution in [0.25, 0.3) is 0 Å². The third-order valence-electron chi connectivity index (χ3n) is 3.31. The number of rotatable bonds is 7. The minimum Gasteiger partial charge on any atom is -0.370 e. The summed E-state index contributed by atoms with van der Waals surface area (Å²) in [7, 11) is 0. The fourth-order valence-corrected chi connectivity index (χ4v) is 3.09. The van der Waals surface area contributed by atoms with Gasteiger partial charge in [0.1, 0.15) is 16.7 Å². The molecule has 0 saturated carbocycles. The molecule has 0 fully saturated rings. The Bertz CT molecular complexity index is 747. The van der Waals surface area contributed by atoms with Gasteiger partial charge in [-0.2, -0.15) is 0 Å². The van der Waals surface area contributed by atoms with E-state index in [1.807, 2.05) is 6.92 Å². The molecule has 0 aliphatic rings. The Morgan fingerprint density at radius 3 is 2.48 bits per heavy atom. The van der Waals surface area contributed by atoms with E-state index in [-0.39, 0.29) is 24.6 Å². The zero-order chi connectivity index (χ0) is 18.4. The smallest absolute Gasteiger partial charge is 0.237 e. The number of carbonyl (C=O) groups is 2. The lowest BCUT2D eigenvalue weighted by atomic mass is 10.2. The first-order valence-corrected chi connectivity index (χ1v) is 8.63. The first-order chi connectivity index (χ1) is 11.8. The summed E-state index contributed by atoms with van der Waals surface area (Å²) in [5, 5.41) is 0.701. The Kier molecular flexibility index (Phi) is 6.46. The van der Waals surface area contributed by atoms with E-state index in [1.165, 1.54) is 40.9 Å². The first-order valence-electron chi connectivity index (χ1n) is 7.64. The quantitative estimate of drug-likeness (QED) is 0.603. The molecule has 0 radical (unpaired) electrons. The van der Waals surface area contributed by atoms with Crippen LogP contribution in [0.5, 0.6) is 0 Å². The monoisotopic (exact) mass is 362 g/mol. The Labute approximate surface area is 149 Å². The van der Waals surface area contributed by atoms with Crippen molar-refractivity contribution in [2.75, 3.05) is 17.2 Å². The van der Waals surface area contributed by atoms with Gasteiger partial charge in [-0.1, -0.05) is 11.8 Å². The standard InChI is InChI=1S/C17H19FN4O2S/c1-11-9-16(21-12(2)20-11)25-10-17(24)22(8-7-15(19)23)14-5-3-13(18)4-6-14/h3-6,9H,7-8,10H2,1-2H3,(H2,19,23). The minimum atomic E-state index is -0.505. The summed E-state index contributed by atoms with van der Waals surface area (Å²) in [6.45, 7) is 3.79. The number of amides is 2. The van der Waals surface area contributed by atoms with Gasteiger partial charge in [0, 0.05) is 24.3 Å². The van der Waals surface area contributed by atoms with Gasteiger partial charge < -0.3 is 10.6 Å². The van der Waals surface area contributed by atoms with Crippen LogP contribution < -0.4 is 10.6 Å². The van der Waals surface area contributed by atoms with E-state index in [1.54, 1.807) is 13.0 Å². The molecule has 2 aromatic rings. The summed E-state index contributed by atoms with van der Waals surface area (Å²) >= 11 is 1.28. The van der Waals surface area contributed by atoms with Gasteiger partial charge in [-0.05, 0) is 44.2 Å². The molecule has 0 saturated heterocycles. The van der Waals surface area contributed by atoms with Crippen LogP contribution in [0, 0.1) is 19.7 Å². The highest BCUT2D eigenvalue weighted by Gasteiger charge is 2.17. The van der Waals surface area contributed by atoms with Gasteiger partial charge in [0.05, 0.1) is 5.75 Å². The highest BCUT2D eigenvalue weighted by Crippen LogP contribution is 2.20. The maximum Gasteiger partial charge on any atom is 0.237 e. The molecule has 0 bridgehead atoms. The first kappa shape index (κ1) is 18.9. The molecule has 25 heavy (non-hydrogen) atoms. The SMILES string of the molecule is Cc1cc(SCC(=O)N(CCC(N)=O)c2ccc(F)cc2)nc(C)n1. The number of hydrogen-bond donors (Lipinski definition) is 1. The normalized spacial score (nSPS) is 10.5. The molecule has 132 valence electrons. The number of carbonyl (C=O) groups excluding carboxylic acids is 2. The minimum absolute atomic E-state index is 0.0273. The lowest BCUT2D eigenvalue weighted by Gasteiger charge is -2.22. The van der Waals surface area contributed by atoms with Crippen molar-refractivity contribution in [3.8, 4) is 0 Å². The van der Waals surface area contributed by atoms with Crippen LogP contribution in [-0.2, 0) is 9.59 Å². The Morgan fingerprint density at radius 2 is 1.88 bits per heavy atom. The number of thioether (sulfide) groups is 1. The van der Waals surface area contributed by atoms with E-state index in [4.69, 9.17) is 5.73 Å². The van der Waals surface area contributed by atoms with Crippen molar-refractivity contribution in [2.45, 2.75) is 25.3 Å². The van der Waals surface area contributed by atoms with Gasteiger partial charge in [-0.3, -0.25) is 9.59 Å². The molecule has 2 N–H and O–H groups in total. The summed E-state index contributed by atoms with van der Waals surface area (Å²) in [5.74, 6) is -0.348. The molecule has 2 rings (SSSR count). The maximum absolute atomic E-state index is 13.1. The second kappa shape index (κ2) is 8.57.